The molecular weight excluding hydrogens is 248 g/mol. The van der Waals surface area contributed by atoms with Crippen LogP contribution in [-0.2, 0) is 13.5 Å². The molecule has 3 rings (SSSR count). The Bertz CT molecular complexity index is 602. The van der Waals surface area contributed by atoms with Gasteiger partial charge in [0.05, 0.1) is 5.69 Å². The highest BCUT2D eigenvalue weighted by atomic mass is 15.3. The fraction of sp³-hybridized carbons (Fsp3) is 0.500. The van der Waals surface area contributed by atoms with Gasteiger partial charge >= 0.3 is 0 Å². The van der Waals surface area contributed by atoms with Crippen LogP contribution >= 0.6 is 0 Å². The minimum atomic E-state index is 0.310. The van der Waals surface area contributed by atoms with Crippen LogP contribution in [-0.4, -0.2) is 21.3 Å². The van der Waals surface area contributed by atoms with Crippen molar-refractivity contribution in [3.8, 4) is 0 Å². The van der Waals surface area contributed by atoms with Crippen LogP contribution in [0.5, 0.6) is 0 Å². The molecule has 0 aliphatic heterocycles. The number of pyridine rings is 1. The summed E-state index contributed by atoms with van der Waals surface area (Å²) in [6.45, 7) is 5.21. The van der Waals surface area contributed by atoms with Crippen molar-refractivity contribution in [2.75, 3.05) is 6.54 Å². The molecule has 0 radical (unpaired) electrons. The molecule has 0 saturated heterocycles. The number of rotatable bonds is 4. The molecule has 4 nitrogen and oxygen atoms in total. The van der Waals surface area contributed by atoms with Crippen LogP contribution in [0.2, 0.25) is 0 Å². The number of hydrogen-bond acceptors (Lipinski definition) is 3. The molecule has 0 saturated carbocycles. The van der Waals surface area contributed by atoms with Crippen LogP contribution < -0.4 is 5.32 Å². The molecule has 0 aromatic carbocycles. The van der Waals surface area contributed by atoms with Crippen molar-refractivity contribution in [1.82, 2.24) is 20.1 Å². The van der Waals surface area contributed by atoms with Gasteiger partial charge in [-0.1, -0.05) is 13.0 Å². The monoisotopic (exact) mass is 270 g/mol. The van der Waals surface area contributed by atoms with E-state index in [2.05, 4.69) is 41.5 Å². The molecule has 0 fully saturated rings. The van der Waals surface area contributed by atoms with Crippen molar-refractivity contribution in [1.29, 1.82) is 0 Å². The lowest BCUT2D eigenvalue weighted by Gasteiger charge is -2.24. The topological polar surface area (TPSA) is 42.7 Å². The molecule has 0 bridgehead atoms. The quantitative estimate of drug-likeness (QED) is 0.928. The third-order valence-corrected chi connectivity index (χ3v) is 4.21. The molecule has 2 aromatic heterocycles. The Kier molecular flexibility index (Phi) is 3.57. The van der Waals surface area contributed by atoms with Crippen molar-refractivity contribution in [3.05, 3.63) is 47.0 Å². The number of hydrogen-bond donors (Lipinski definition) is 1. The molecule has 2 heterocycles. The van der Waals surface area contributed by atoms with Gasteiger partial charge in [-0.25, -0.2) is 0 Å². The highest BCUT2D eigenvalue weighted by Crippen LogP contribution is 2.40. The van der Waals surface area contributed by atoms with E-state index in [4.69, 9.17) is 0 Å². The van der Waals surface area contributed by atoms with Gasteiger partial charge in [-0.3, -0.25) is 9.67 Å². The summed E-state index contributed by atoms with van der Waals surface area (Å²) in [6, 6.07) is 4.56. The van der Waals surface area contributed by atoms with Gasteiger partial charge in [-0.05, 0) is 37.9 Å². The lowest BCUT2D eigenvalue weighted by molar-refractivity contribution is 0.445. The highest BCUT2D eigenvalue weighted by Gasteiger charge is 2.32. The third-order valence-electron chi connectivity index (χ3n) is 4.21. The number of nitrogens with zero attached hydrogens (tertiary/aromatic N) is 3. The Morgan fingerprint density at radius 3 is 3.05 bits per heavy atom. The van der Waals surface area contributed by atoms with Crippen molar-refractivity contribution >= 4 is 0 Å². The standard InChI is InChI=1S/C16H22N4/c1-4-17-16(14-10-20(3)19-11(14)2)13-8-7-12-6-5-9-18-15(12)13/h5-6,9-10,13,16-17H,4,7-8H2,1-3H3. The number of aromatic nitrogens is 3. The third kappa shape index (κ3) is 2.24. The largest absolute Gasteiger partial charge is 0.310 e. The molecule has 4 heteroatoms. The van der Waals surface area contributed by atoms with E-state index in [0.717, 1.165) is 18.7 Å². The Labute approximate surface area is 120 Å². The summed E-state index contributed by atoms with van der Waals surface area (Å²) < 4.78 is 1.91. The van der Waals surface area contributed by atoms with Crippen molar-refractivity contribution < 1.29 is 0 Å². The predicted octanol–water partition coefficient (Wildman–Crippen LogP) is 2.50. The maximum absolute atomic E-state index is 4.64. The number of aryl methyl sites for hydroxylation is 3. The van der Waals surface area contributed by atoms with Crippen LogP contribution in [0, 0.1) is 6.92 Å². The smallest absolute Gasteiger partial charge is 0.0641 e. The summed E-state index contributed by atoms with van der Waals surface area (Å²) in [4.78, 5) is 4.64. The van der Waals surface area contributed by atoms with E-state index in [1.807, 2.05) is 24.0 Å². The number of likely N-dealkylation sites (N-methyl/N-ethyl adjacent to an activating group) is 1. The minimum absolute atomic E-state index is 0.310. The summed E-state index contributed by atoms with van der Waals surface area (Å²) in [7, 11) is 1.99. The maximum Gasteiger partial charge on any atom is 0.0641 e. The van der Waals surface area contributed by atoms with E-state index in [-0.39, 0.29) is 0 Å². The van der Waals surface area contributed by atoms with Gasteiger partial charge in [0.1, 0.15) is 0 Å². The zero-order valence-electron chi connectivity index (χ0n) is 12.4. The fourth-order valence-electron chi connectivity index (χ4n) is 3.38. The van der Waals surface area contributed by atoms with E-state index in [1.165, 1.54) is 23.2 Å². The summed E-state index contributed by atoms with van der Waals surface area (Å²) in [6.07, 6.45) is 6.35. The van der Waals surface area contributed by atoms with Gasteiger partial charge < -0.3 is 5.32 Å². The summed E-state index contributed by atoms with van der Waals surface area (Å²) in [5.41, 5.74) is 5.09. The molecule has 1 N–H and O–H groups in total. The molecule has 20 heavy (non-hydrogen) atoms. The average Bonchev–Trinajstić information content (AvgIpc) is 3.00. The molecule has 1 aliphatic rings. The van der Waals surface area contributed by atoms with Gasteiger partial charge in [0.15, 0.2) is 0 Å². The predicted molar refractivity (Wildman–Crippen MR) is 79.7 cm³/mol. The normalized spacial score (nSPS) is 19.1. The first-order chi connectivity index (χ1) is 9.70. The molecule has 1 aliphatic carbocycles. The first kappa shape index (κ1) is 13.3. The first-order valence-electron chi connectivity index (χ1n) is 7.38. The van der Waals surface area contributed by atoms with E-state index in [9.17, 15) is 0 Å². The average molecular weight is 270 g/mol. The van der Waals surface area contributed by atoms with E-state index >= 15 is 0 Å². The zero-order valence-corrected chi connectivity index (χ0v) is 12.4. The molecule has 0 spiro atoms. The van der Waals surface area contributed by atoms with Gasteiger partial charge in [0.25, 0.3) is 0 Å². The second-order valence-corrected chi connectivity index (χ2v) is 5.57. The van der Waals surface area contributed by atoms with Crippen molar-refractivity contribution in [2.24, 2.45) is 7.05 Å². The maximum atomic E-state index is 4.64. The fourth-order valence-corrected chi connectivity index (χ4v) is 3.38. The van der Waals surface area contributed by atoms with Gasteiger partial charge in [-0.2, -0.15) is 5.10 Å². The lowest BCUT2D eigenvalue weighted by Crippen LogP contribution is -2.26. The zero-order chi connectivity index (χ0) is 14.1. The van der Waals surface area contributed by atoms with E-state index in [0.29, 0.717) is 12.0 Å². The van der Waals surface area contributed by atoms with Gasteiger partial charge in [-0.15, -0.1) is 0 Å². The Morgan fingerprint density at radius 1 is 1.50 bits per heavy atom. The first-order valence-corrected chi connectivity index (χ1v) is 7.38. The molecule has 0 amide bonds. The van der Waals surface area contributed by atoms with Gasteiger partial charge in [0.2, 0.25) is 0 Å². The Hall–Kier alpha value is -1.68. The van der Waals surface area contributed by atoms with Crippen LogP contribution in [0.15, 0.2) is 24.5 Å². The molecular formula is C16H22N4. The Morgan fingerprint density at radius 2 is 2.35 bits per heavy atom. The summed E-state index contributed by atoms with van der Waals surface area (Å²) >= 11 is 0. The second-order valence-electron chi connectivity index (χ2n) is 5.57. The molecule has 2 atom stereocenters. The molecule has 2 aromatic rings. The number of fused-ring (bicyclic) bond motifs is 1. The minimum Gasteiger partial charge on any atom is -0.310 e. The van der Waals surface area contributed by atoms with E-state index < -0.39 is 0 Å². The summed E-state index contributed by atoms with van der Waals surface area (Å²) in [5.74, 6) is 0.453. The summed E-state index contributed by atoms with van der Waals surface area (Å²) in [5, 5.41) is 8.14. The van der Waals surface area contributed by atoms with Gasteiger partial charge in [0, 0.05) is 42.7 Å². The SMILES string of the molecule is CCNC(c1cn(C)nc1C)C1CCc2cccnc21. The number of nitrogens with one attached hydrogen (secondary N) is 1. The second kappa shape index (κ2) is 5.37. The van der Waals surface area contributed by atoms with Crippen LogP contribution in [0.25, 0.3) is 0 Å². The van der Waals surface area contributed by atoms with Crippen LogP contribution in [0.3, 0.4) is 0 Å². The van der Waals surface area contributed by atoms with E-state index in [1.54, 1.807) is 0 Å². The lowest BCUT2D eigenvalue weighted by atomic mass is 9.91. The highest BCUT2D eigenvalue weighted by molar-refractivity contribution is 5.34. The van der Waals surface area contributed by atoms with Crippen molar-refractivity contribution in [2.45, 2.75) is 38.6 Å². The van der Waals surface area contributed by atoms with Crippen LogP contribution in [0.4, 0.5) is 0 Å². The molecule has 2 unspecified atom stereocenters. The van der Waals surface area contributed by atoms with Crippen LogP contribution in [0.1, 0.15) is 47.8 Å². The molecule has 106 valence electrons. The Balaban J connectivity index is 1.98. The van der Waals surface area contributed by atoms with Crippen molar-refractivity contribution in [3.63, 3.8) is 0 Å².